The van der Waals surface area contributed by atoms with Crippen LogP contribution in [0.4, 0.5) is 0 Å². The fourth-order valence-electron chi connectivity index (χ4n) is 3.71. The fourth-order valence-corrected chi connectivity index (χ4v) is 3.71. The lowest BCUT2D eigenvalue weighted by molar-refractivity contribution is -0.277. The van der Waals surface area contributed by atoms with Gasteiger partial charge in [-0.15, -0.1) is 0 Å². The van der Waals surface area contributed by atoms with E-state index in [4.69, 9.17) is 13.9 Å². The van der Waals surface area contributed by atoms with Gasteiger partial charge in [-0.25, -0.2) is 0 Å². The van der Waals surface area contributed by atoms with E-state index in [2.05, 4.69) is 0 Å². The number of Topliss-reactive ketones (excluding diaryl/α,β-unsaturated/α-hetero) is 1. The first-order chi connectivity index (χ1) is 15.4. The monoisotopic (exact) mass is 444 g/mol. The topological polar surface area (TPSA) is 150 Å². The third kappa shape index (κ3) is 4.34. The highest BCUT2D eigenvalue weighted by Crippen LogP contribution is 2.32. The highest BCUT2D eigenvalue weighted by atomic mass is 16.7. The van der Waals surface area contributed by atoms with Crippen LogP contribution in [0.2, 0.25) is 0 Å². The Labute approximate surface area is 183 Å². The molecule has 170 valence electrons. The van der Waals surface area contributed by atoms with E-state index >= 15 is 0 Å². The van der Waals surface area contributed by atoms with Gasteiger partial charge >= 0.3 is 0 Å². The first-order valence-corrected chi connectivity index (χ1v) is 10.2. The molecule has 32 heavy (non-hydrogen) atoms. The first kappa shape index (κ1) is 22.3. The molecule has 2 aromatic carbocycles. The molecule has 1 aliphatic heterocycles. The summed E-state index contributed by atoms with van der Waals surface area (Å²) < 4.78 is 16.6. The Morgan fingerprint density at radius 3 is 2.53 bits per heavy atom. The molecule has 0 bridgehead atoms. The minimum absolute atomic E-state index is 0.0163. The summed E-state index contributed by atoms with van der Waals surface area (Å²) in [6.45, 7) is -0.617. The van der Waals surface area contributed by atoms with Crippen molar-refractivity contribution >= 4 is 16.8 Å². The van der Waals surface area contributed by atoms with Gasteiger partial charge in [-0.05, 0) is 24.3 Å². The zero-order valence-corrected chi connectivity index (χ0v) is 17.0. The zero-order valence-electron chi connectivity index (χ0n) is 17.0. The van der Waals surface area contributed by atoms with Crippen molar-refractivity contribution in [1.82, 2.24) is 0 Å². The molecular weight excluding hydrogens is 420 g/mol. The van der Waals surface area contributed by atoms with Crippen molar-refractivity contribution < 1.29 is 44.2 Å². The molecule has 9 nitrogen and oxygen atoms in total. The quantitative estimate of drug-likeness (QED) is 0.338. The number of benzene rings is 2. The molecule has 1 fully saturated rings. The van der Waals surface area contributed by atoms with Crippen LogP contribution in [0.25, 0.3) is 11.0 Å². The molecule has 4 rings (SSSR count). The molecule has 1 saturated heterocycles. The molecule has 0 spiro atoms. The van der Waals surface area contributed by atoms with Crippen LogP contribution in [0.3, 0.4) is 0 Å². The van der Waals surface area contributed by atoms with E-state index in [0.29, 0.717) is 17.8 Å². The van der Waals surface area contributed by atoms with Gasteiger partial charge in [-0.3, -0.25) is 4.79 Å². The number of fused-ring (bicyclic) bond motifs is 1. The van der Waals surface area contributed by atoms with Gasteiger partial charge in [0, 0.05) is 18.2 Å². The third-order valence-corrected chi connectivity index (χ3v) is 5.45. The number of ketones is 1. The van der Waals surface area contributed by atoms with Crippen LogP contribution < -0.4 is 4.74 Å². The van der Waals surface area contributed by atoms with Crippen LogP contribution in [0.15, 0.2) is 52.9 Å². The molecule has 3 aromatic rings. The number of furan rings is 1. The van der Waals surface area contributed by atoms with Crippen LogP contribution in [-0.4, -0.2) is 68.6 Å². The van der Waals surface area contributed by atoms with Gasteiger partial charge in [-0.2, -0.15) is 0 Å². The predicted octanol–water partition coefficient (Wildman–Crippen LogP) is 1.13. The van der Waals surface area contributed by atoms with Crippen LogP contribution in [-0.2, 0) is 11.2 Å². The average Bonchev–Trinajstić information content (AvgIpc) is 3.21. The summed E-state index contributed by atoms with van der Waals surface area (Å²) in [5.74, 6) is -0.194. The number of ether oxygens (including phenoxy) is 2. The summed E-state index contributed by atoms with van der Waals surface area (Å²) in [7, 11) is 0. The van der Waals surface area contributed by atoms with Gasteiger partial charge in [0.2, 0.25) is 6.29 Å². The molecule has 1 aromatic heterocycles. The number of aryl methyl sites for hydroxylation is 1. The van der Waals surface area contributed by atoms with Crippen molar-refractivity contribution in [3.05, 3.63) is 59.9 Å². The molecule has 2 heterocycles. The predicted molar refractivity (Wildman–Crippen MR) is 111 cm³/mol. The summed E-state index contributed by atoms with van der Waals surface area (Å²) in [5, 5.41) is 50.6. The number of carbonyl (C=O) groups excluding carboxylic acids is 1. The summed E-state index contributed by atoms with van der Waals surface area (Å²) in [6, 6.07) is 13.5. The maximum absolute atomic E-state index is 12.9. The number of hydrogen-bond acceptors (Lipinski definition) is 9. The van der Waals surface area contributed by atoms with Crippen molar-refractivity contribution in [3.8, 4) is 11.5 Å². The Balaban J connectivity index is 1.51. The number of aromatic hydroxyl groups is 1. The minimum atomic E-state index is -1.64. The second-order valence-electron chi connectivity index (χ2n) is 7.64. The number of hydrogen-bond donors (Lipinski definition) is 5. The molecule has 1 aliphatic rings. The van der Waals surface area contributed by atoms with Gasteiger partial charge in [-0.1, -0.05) is 24.3 Å². The summed E-state index contributed by atoms with van der Waals surface area (Å²) in [6.07, 6.45) is -7.14. The van der Waals surface area contributed by atoms with E-state index in [1.54, 1.807) is 0 Å². The Kier molecular flexibility index (Phi) is 6.45. The Bertz CT molecular complexity index is 1060. The number of phenols is 1. The van der Waals surface area contributed by atoms with Gasteiger partial charge in [0.25, 0.3) is 0 Å². The molecule has 0 radical (unpaired) electrons. The van der Waals surface area contributed by atoms with E-state index in [1.807, 2.05) is 30.3 Å². The van der Waals surface area contributed by atoms with Crippen LogP contribution >= 0.6 is 0 Å². The van der Waals surface area contributed by atoms with Gasteiger partial charge in [0.15, 0.2) is 5.78 Å². The van der Waals surface area contributed by atoms with E-state index in [1.165, 1.54) is 18.2 Å². The van der Waals surface area contributed by atoms with E-state index in [-0.39, 0.29) is 23.5 Å². The number of phenolic OH excluding ortho intramolecular Hbond substituents is 1. The van der Waals surface area contributed by atoms with Crippen molar-refractivity contribution in [2.24, 2.45) is 0 Å². The lowest BCUT2D eigenvalue weighted by atomic mass is 9.99. The number of aliphatic hydroxyl groups is 4. The van der Waals surface area contributed by atoms with Crippen molar-refractivity contribution in [2.75, 3.05) is 6.61 Å². The third-order valence-electron chi connectivity index (χ3n) is 5.45. The largest absolute Gasteiger partial charge is 0.507 e. The number of carbonyl (C=O) groups is 1. The Morgan fingerprint density at radius 2 is 1.78 bits per heavy atom. The van der Waals surface area contributed by atoms with Gasteiger partial charge in [0.05, 0.1) is 6.61 Å². The second-order valence-corrected chi connectivity index (χ2v) is 7.64. The molecule has 0 aliphatic carbocycles. The lowest BCUT2D eigenvalue weighted by Crippen LogP contribution is -2.60. The van der Waals surface area contributed by atoms with Crippen LogP contribution in [0.1, 0.15) is 22.5 Å². The molecular formula is C23H24O9. The molecule has 0 saturated carbocycles. The lowest BCUT2D eigenvalue weighted by Gasteiger charge is -2.39. The molecule has 5 N–H and O–H groups in total. The minimum Gasteiger partial charge on any atom is -0.507 e. The maximum atomic E-state index is 12.9. The SMILES string of the molecule is O=C(CCc1cc2ccccc2o1)c1c(O)cccc1O[C@@H]1O[C@H](CO)[C@@H](O)[C@H](O)[C@H]1O. The Hall–Kier alpha value is -2.95. The highest BCUT2D eigenvalue weighted by Gasteiger charge is 2.45. The second kappa shape index (κ2) is 9.27. The smallest absolute Gasteiger partial charge is 0.229 e. The highest BCUT2D eigenvalue weighted by molar-refractivity contribution is 6.01. The summed E-state index contributed by atoms with van der Waals surface area (Å²) >= 11 is 0. The average molecular weight is 444 g/mol. The maximum Gasteiger partial charge on any atom is 0.229 e. The number of para-hydroxylation sites is 1. The van der Waals surface area contributed by atoms with Crippen molar-refractivity contribution in [3.63, 3.8) is 0 Å². The molecule has 5 atom stereocenters. The first-order valence-electron chi connectivity index (χ1n) is 10.2. The van der Waals surface area contributed by atoms with Crippen molar-refractivity contribution in [2.45, 2.75) is 43.5 Å². The standard InChI is InChI=1S/C23H24O9/c24-11-18-20(27)21(28)22(29)23(32-18)31-17-7-3-5-14(25)19(17)15(26)9-8-13-10-12-4-1-2-6-16(12)30-13/h1-7,10,18,20-25,27-29H,8-9,11H2/t18-,20-,21+,22-,23-/m1/s1. The van der Waals surface area contributed by atoms with E-state index < -0.39 is 43.1 Å². The van der Waals surface area contributed by atoms with E-state index in [9.17, 15) is 30.3 Å². The number of rotatable bonds is 7. The fraction of sp³-hybridized carbons (Fsp3) is 0.348. The Morgan fingerprint density at radius 1 is 1.00 bits per heavy atom. The van der Waals surface area contributed by atoms with Crippen molar-refractivity contribution in [1.29, 1.82) is 0 Å². The van der Waals surface area contributed by atoms with Gasteiger partial charge < -0.3 is 39.4 Å². The summed E-state index contributed by atoms with van der Waals surface area (Å²) in [5.41, 5.74) is 0.602. The molecule has 0 amide bonds. The molecule has 9 heteroatoms. The zero-order chi connectivity index (χ0) is 22.8. The van der Waals surface area contributed by atoms with Gasteiger partial charge in [0.1, 0.15) is 52.8 Å². The number of aliphatic hydroxyl groups excluding tert-OH is 4. The molecule has 0 unspecified atom stereocenters. The van der Waals surface area contributed by atoms with Crippen LogP contribution in [0.5, 0.6) is 11.5 Å². The summed E-state index contributed by atoms with van der Waals surface area (Å²) in [4.78, 5) is 12.9. The van der Waals surface area contributed by atoms with E-state index in [0.717, 1.165) is 5.39 Å². The normalized spacial score (nSPS) is 25.7. The van der Waals surface area contributed by atoms with Crippen LogP contribution in [0, 0.1) is 0 Å².